The van der Waals surface area contributed by atoms with Crippen LogP contribution in [0.5, 0.6) is 0 Å². The molecule has 1 aliphatic rings. The first-order chi connectivity index (χ1) is 23.2. The van der Waals surface area contributed by atoms with Crippen LogP contribution in [-0.2, 0) is 30.3 Å². The van der Waals surface area contributed by atoms with E-state index in [0.29, 0.717) is 24.9 Å². The molecule has 264 valence electrons. The van der Waals surface area contributed by atoms with Gasteiger partial charge in [-0.15, -0.1) is 0 Å². The number of carbonyl (C=O) groups is 4. The van der Waals surface area contributed by atoms with Crippen molar-refractivity contribution in [3.05, 3.63) is 83.9 Å². The molecule has 3 atom stereocenters. The number of rotatable bonds is 14. The summed E-state index contributed by atoms with van der Waals surface area (Å²) in [6.07, 6.45) is 1.06. The van der Waals surface area contributed by atoms with Gasteiger partial charge in [0.2, 0.25) is 17.7 Å². The Morgan fingerprint density at radius 1 is 0.918 bits per heavy atom. The normalized spacial score (nSPS) is 16.3. The zero-order valence-corrected chi connectivity index (χ0v) is 30.9. The zero-order valence-electron chi connectivity index (χ0n) is 29.9. The third-order valence-corrected chi connectivity index (χ3v) is 14.1. The number of nitrogens with one attached hydrogen (secondary N) is 3. The van der Waals surface area contributed by atoms with Crippen LogP contribution in [0, 0.1) is 5.92 Å². The van der Waals surface area contributed by atoms with E-state index in [9.17, 15) is 19.2 Å². The van der Waals surface area contributed by atoms with Crippen molar-refractivity contribution >= 4 is 42.7 Å². The maximum absolute atomic E-state index is 14.0. The maximum atomic E-state index is 14.0. The molecule has 1 saturated heterocycles. The summed E-state index contributed by atoms with van der Waals surface area (Å²) in [6, 6.07) is 20.5. The van der Waals surface area contributed by atoms with Gasteiger partial charge in [0, 0.05) is 12.1 Å². The number of hydrogen-bond acceptors (Lipinski definition) is 6. The minimum atomic E-state index is -2.21. The summed E-state index contributed by atoms with van der Waals surface area (Å²) in [5.41, 5.74) is 3.86. The number of likely N-dealkylation sites (tertiary alicyclic amines) is 1. The maximum Gasteiger partial charge on any atom is 0.251 e. The van der Waals surface area contributed by atoms with Crippen LogP contribution in [0.1, 0.15) is 69.8 Å². The number of fused-ring (bicyclic) bond motifs is 1. The highest BCUT2D eigenvalue weighted by molar-refractivity contribution is 6.74. The predicted octanol–water partition coefficient (Wildman–Crippen LogP) is 5.73. The summed E-state index contributed by atoms with van der Waals surface area (Å²) in [6.45, 7) is 15.1. The van der Waals surface area contributed by atoms with Crippen LogP contribution < -0.4 is 16.1 Å². The van der Waals surface area contributed by atoms with Gasteiger partial charge in [-0.05, 0) is 65.4 Å². The van der Waals surface area contributed by atoms with E-state index >= 15 is 0 Å². The van der Waals surface area contributed by atoms with Crippen LogP contribution in [-0.4, -0.2) is 68.1 Å². The van der Waals surface area contributed by atoms with Crippen molar-refractivity contribution in [2.45, 2.75) is 96.7 Å². The molecule has 1 aliphatic heterocycles. The second-order valence-electron chi connectivity index (χ2n) is 14.7. The van der Waals surface area contributed by atoms with E-state index in [1.54, 1.807) is 11.0 Å². The van der Waals surface area contributed by atoms with Crippen LogP contribution in [0.4, 0.5) is 0 Å². The zero-order chi connectivity index (χ0) is 35.8. The largest absolute Gasteiger partial charge is 0.415 e. The third-order valence-electron chi connectivity index (χ3n) is 9.57. The number of amides is 4. The Kier molecular flexibility index (Phi) is 12.8. The lowest BCUT2D eigenvalue weighted by Crippen LogP contribution is -2.57. The summed E-state index contributed by atoms with van der Waals surface area (Å²) >= 11 is 0. The summed E-state index contributed by atoms with van der Waals surface area (Å²) in [7, 11) is -2.21. The Balaban J connectivity index is 1.43. The summed E-state index contributed by atoms with van der Waals surface area (Å²) in [5.74, 6) is -1.61. The number of hydroxylamine groups is 1. The van der Waals surface area contributed by atoms with Crippen molar-refractivity contribution in [1.82, 2.24) is 21.0 Å². The second kappa shape index (κ2) is 16.6. The number of carbonyl (C=O) groups excluding carboxylic acids is 4. The molecule has 0 unspecified atom stereocenters. The number of nitrogens with zero attached hydrogens (tertiary/aromatic N) is 1. The summed E-state index contributed by atoms with van der Waals surface area (Å²) < 4.78 is 6.43. The molecule has 3 aromatic carbocycles. The molecule has 4 rings (SSSR count). The lowest BCUT2D eigenvalue weighted by molar-refractivity contribution is -0.141. The van der Waals surface area contributed by atoms with E-state index in [1.807, 2.05) is 80.6 Å². The van der Waals surface area contributed by atoms with Crippen LogP contribution in [0.3, 0.4) is 0 Å². The molecule has 49 heavy (non-hydrogen) atoms. The van der Waals surface area contributed by atoms with E-state index in [1.165, 1.54) is 0 Å². The van der Waals surface area contributed by atoms with Crippen molar-refractivity contribution < 1.29 is 28.4 Å². The molecule has 4 amide bonds. The lowest BCUT2D eigenvalue weighted by Gasteiger charge is -2.37. The molecule has 0 bridgehead atoms. The van der Waals surface area contributed by atoms with Crippen LogP contribution in [0.15, 0.2) is 72.8 Å². The number of hydrogen-bond donors (Lipinski definition) is 3. The molecular weight excluding hydrogens is 637 g/mol. The Morgan fingerprint density at radius 3 is 2.27 bits per heavy atom. The molecule has 0 aliphatic carbocycles. The minimum Gasteiger partial charge on any atom is -0.415 e. The predicted molar refractivity (Wildman–Crippen MR) is 194 cm³/mol. The fraction of sp³-hybridized carbons (Fsp3) is 0.474. The molecule has 10 nitrogen and oxygen atoms in total. The van der Waals surface area contributed by atoms with Crippen molar-refractivity contribution in [3.63, 3.8) is 0 Å². The van der Waals surface area contributed by atoms with E-state index in [-0.39, 0.29) is 48.3 Å². The van der Waals surface area contributed by atoms with Gasteiger partial charge in [-0.2, -0.15) is 0 Å². The van der Waals surface area contributed by atoms with Crippen molar-refractivity contribution in [3.8, 4) is 0 Å². The first-order valence-corrected chi connectivity index (χ1v) is 20.1. The SMILES string of the molecule is CC(C)[C@H](NC(=O)c1ccc2ccccc2c1)C(=O)N1CCC[C@H]1C(=O)N[C@H](CO[Si](C)(C)C(C)(C)C)CC(=O)NOCc1ccccc1. The highest BCUT2D eigenvalue weighted by atomic mass is 28.4. The van der Waals surface area contributed by atoms with Gasteiger partial charge in [-0.25, -0.2) is 5.48 Å². The smallest absolute Gasteiger partial charge is 0.251 e. The second-order valence-corrected chi connectivity index (χ2v) is 19.5. The van der Waals surface area contributed by atoms with Crippen molar-refractivity contribution in [2.75, 3.05) is 13.2 Å². The van der Waals surface area contributed by atoms with E-state index in [4.69, 9.17) is 9.26 Å². The van der Waals surface area contributed by atoms with Crippen LogP contribution in [0.2, 0.25) is 18.1 Å². The molecule has 11 heteroatoms. The Hall–Kier alpha value is -4.06. The van der Waals surface area contributed by atoms with Gasteiger partial charge >= 0.3 is 0 Å². The molecule has 0 radical (unpaired) electrons. The standard InChI is InChI=1S/C38H52N4O6Si/c1-26(2)34(40-35(44)30-20-19-28-16-11-12-17-29(28)22-30)37(46)42-21-13-18-32(42)36(45)39-31(25-48-49(6,7)38(3,4)5)23-33(43)41-47-24-27-14-9-8-10-15-27/h8-12,14-17,19-20,22,26,31-32,34H,13,18,21,23-25H2,1-7H3,(H,39,45)(H,40,44)(H,41,43)/t31-,32-,34-/m0/s1. The fourth-order valence-corrected chi connectivity index (χ4v) is 6.62. The van der Waals surface area contributed by atoms with Gasteiger partial charge < -0.3 is 20.0 Å². The van der Waals surface area contributed by atoms with Crippen LogP contribution in [0.25, 0.3) is 10.8 Å². The number of benzene rings is 3. The monoisotopic (exact) mass is 688 g/mol. The summed E-state index contributed by atoms with van der Waals surface area (Å²) in [5, 5.41) is 7.84. The molecule has 1 fully saturated rings. The first-order valence-electron chi connectivity index (χ1n) is 17.2. The quantitative estimate of drug-likeness (QED) is 0.147. The van der Waals surface area contributed by atoms with Gasteiger partial charge in [-0.1, -0.05) is 95.3 Å². The highest BCUT2D eigenvalue weighted by Crippen LogP contribution is 2.36. The first kappa shape index (κ1) is 37.8. The fourth-order valence-electron chi connectivity index (χ4n) is 5.56. The molecule has 0 spiro atoms. The van der Waals surface area contributed by atoms with E-state index in [2.05, 4.69) is 50.0 Å². The topological polar surface area (TPSA) is 126 Å². The van der Waals surface area contributed by atoms with Gasteiger partial charge in [0.15, 0.2) is 8.32 Å². The highest BCUT2D eigenvalue weighted by Gasteiger charge is 2.41. The molecule has 0 saturated carbocycles. The Labute approximate surface area is 291 Å². The molecule has 3 N–H and O–H groups in total. The van der Waals surface area contributed by atoms with Crippen molar-refractivity contribution in [1.29, 1.82) is 0 Å². The van der Waals surface area contributed by atoms with Gasteiger partial charge in [0.1, 0.15) is 12.1 Å². The lowest BCUT2D eigenvalue weighted by atomic mass is 10.0. The molecule has 3 aromatic rings. The van der Waals surface area contributed by atoms with Gasteiger partial charge in [-0.3, -0.25) is 24.0 Å². The molecule has 0 aromatic heterocycles. The molecule has 1 heterocycles. The van der Waals surface area contributed by atoms with Crippen molar-refractivity contribution in [2.24, 2.45) is 5.92 Å². The van der Waals surface area contributed by atoms with Crippen LogP contribution >= 0.6 is 0 Å². The molecular formula is C38H52N4O6Si. The average Bonchev–Trinajstić information content (AvgIpc) is 3.56. The third kappa shape index (κ3) is 10.2. The summed E-state index contributed by atoms with van der Waals surface area (Å²) in [4.78, 5) is 61.1. The van der Waals surface area contributed by atoms with E-state index < -0.39 is 32.4 Å². The van der Waals surface area contributed by atoms with Gasteiger partial charge in [0.25, 0.3) is 5.91 Å². The minimum absolute atomic E-state index is 0.0632. The van der Waals surface area contributed by atoms with Gasteiger partial charge in [0.05, 0.1) is 25.7 Å². The Bertz CT molecular complexity index is 1610. The average molecular weight is 689 g/mol. The van der Waals surface area contributed by atoms with E-state index in [0.717, 1.165) is 16.3 Å². The Morgan fingerprint density at radius 2 is 1.59 bits per heavy atom.